The molecular formula is C10H18INO2. The summed E-state index contributed by atoms with van der Waals surface area (Å²) in [5, 5.41) is 3.29. The summed E-state index contributed by atoms with van der Waals surface area (Å²) in [6.45, 7) is 2.68. The standard InChI is InChI=1S/C10H18INO2/c11-4-1-7-14-10(13)8-9-2-5-12-6-3-9/h9,12H,1-8H2. The summed E-state index contributed by atoms with van der Waals surface area (Å²) in [5.41, 5.74) is 0. The molecule has 0 amide bonds. The fourth-order valence-corrected chi connectivity index (χ4v) is 1.93. The van der Waals surface area contributed by atoms with Gasteiger partial charge in [0.25, 0.3) is 0 Å². The number of alkyl halides is 1. The first-order valence-electron chi connectivity index (χ1n) is 5.25. The second-order valence-electron chi connectivity index (χ2n) is 3.66. The van der Waals surface area contributed by atoms with Gasteiger partial charge in [-0.3, -0.25) is 4.79 Å². The van der Waals surface area contributed by atoms with Crippen LogP contribution in [0.1, 0.15) is 25.7 Å². The number of piperidine rings is 1. The minimum absolute atomic E-state index is 0.0123. The average molecular weight is 311 g/mol. The van der Waals surface area contributed by atoms with Crippen molar-refractivity contribution >= 4 is 28.6 Å². The Labute approximate surface area is 99.1 Å². The van der Waals surface area contributed by atoms with Crippen LogP contribution in [0.15, 0.2) is 0 Å². The molecule has 0 aliphatic carbocycles. The molecule has 1 fully saturated rings. The number of hydrogen-bond donors (Lipinski definition) is 1. The van der Waals surface area contributed by atoms with Crippen LogP contribution in [-0.4, -0.2) is 30.1 Å². The molecule has 0 radical (unpaired) electrons. The van der Waals surface area contributed by atoms with E-state index < -0.39 is 0 Å². The van der Waals surface area contributed by atoms with Crippen LogP contribution in [0.3, 0.4) is 0 Å². The SMILES string of the molecule is O=C(CC1CCNCC1)OCCCI. The Morgan fingerprint density at radius 1 is 1.43 bits per heavy atom. The summed E-state index contributed by atoms with van der Waals surface area (Å²) >= 11 is 2.29. The number of carbonyl (C=O) groups excluding carboxylic acids is 1. The third-order valence-electron chi connectivity index (χ3n) is 2.46. The Bertz CT molecular complexity index is 170. The molecule has 0 aromatic heterocycles. The van der Waals surface area contributed by atoms with Crippen molar-refractivity contribution in [3.63, 3.8) is 0 Å². The van der Waals surface area contributed by atoms with Crippen molar-refractivity contribution < 1.29 is 9.53 Å². The Kier molecular flexibility index (Phi) is 6.51. The molecule has 0 spiro atoms. The van der Waals surface area contributed by atoms with Crippen LogP contribution < -0.4 is 5.32 Å². The zero-order valence-electron chi connectivity index (χ0n) is 8.43. The van der Waals surface area contributed by atoms with Gasteiger partial charge in [-0.2, -0.15) is 0 Å². The van der Waals surface area contributed by atoms with E-state index in [9.17, 15) is 4.79 Å². The van der Waals surface area contributed by atoms with Gasteiger partial charge in [0.15, 0.2) is 0 Å². The molecule has 1 aliphatic heterocycles. The molecule has 0 unspecified atom stereocenters. The molecule has 0 bridgehead atoms. The molecule has 3 nitrogen and oxygen atoms in total. The Morgan fingerprint density at radius 3 is 2.79 bits per heavy atom. The van der Waals surface area contributed by atoms with Gasteiger partial charge in [-0.1, -0.05) is 22.6 Å². The van der Waals surface area contributed by atoms with Gasteiger partial charge in [0, 0.05) is 10.8 Å². The highest BCUT2D eigenvalue weighted by Crippen LogP contribution is 2.16. The van der Waals surface area contributed by atoms with Gasteiger partial charge < -0.3 is 10.1 Å². The summed E-state index contributed by atoms with van der Waals surface area (Å²) in [5.74, 6) is 0.533. The molecule has 0 atom stereocenters. The molecule has 14 heavy (non-hydrogen) atoms. The van der Waals surface area contributed by atoms with Gasteiger partial charge in [0.1, 0.15) is 0 Å². The lowest BCUT2D eigenvalue weighted by Crippen LogP contribution is -2.29. The van der Waals surface area contributed by atoms with Gasteiger partial charge in [-0.25, -0.2) is 0 Å². The maximum Gasteiger partial charge on any atom is 0.306 e. The largest absolute Gasteiger partial charge is 0.466 e. The van der Waals surface area contributed by atoms with E-state index in [-0.39, 0.29) is 5.97 Å². The second kappa shape index (κ2) is 7.45. The van der Waals surface area contributed by atoms with Crippen LogP contribution in [0.25, 0.3) is 0 Å². The van der Waals surface area contributed by atoms with E-state index in [1.807, 2.05) is 0 Å². The van der Waals surface area contributed by atoms with Crippen molar-refractivity contribution in [2.45, 2.75) is 25.7 Å². The normalized spacial score (nSPS) is 18.1. The molecule has 1 aliphatic rings. The van der Waals surface area contributed by atoms with Crippen molar-refractivity contribution in [2.75, 3.05) is 24.1 Å². The second-order valence-corrected chi connectivity index (χ2v) is 4.74. The van der Waals surface area contributed by atoms with E-state index in [1.165, 1.54) is 0 Å². The quantitative estimate of drug-likeness (QED) is 0.364. The highest BCUT2D eigenvalue weighted by molar-refractivity contribution is 14.1. The summed E-state index contributed by atoms with van der Waals surface area (Å²) in [4.78, 5) is 11.3. The number of ether oxygens (including phenoxy) is 1. The first-order valence-corrected chi connectivity index (χ1v) is 6.78. The van der Waals surface area contributed by atoms with Crippen molar-refractivity contribution in [1.29, 1.82) is 0 Å². The highest BCUT2D eigenvalue weighted by Gasteiger charge is 2.17. The maximum absolute atomic E-state index is 11.3. The number of nitrogens with one attached hydrogen (secondary N) is 1. The maximum atomic E-state index is 11.3. The lowest BCUT2D eigenvalue weighted by molar-refractivity contribution is -0.144. The molecule has 0 aromatic rings. The topological polar surface area (TPSA) is 38.3 Å². The van der Waals surface area contributed by atoms with Crippen molar-refractivity contribution in [3.8, 4) is 0 Å². The molecule has 82 valence electrons. The van der Waals surface area contributed by atoms with E-state index in [2.05, 4.69) is 27.9 Å². The Hall–Kier alpha value is 0.160. The number of esters is 1. The molecule has 0 saturated carbocycles. The lowest BCUT2D eigenvalue weighted by Gasteiger charge is -2.21. The van der Waals surface area contributed by atoms with Gasteiger partial charge in [-0.15, -0.1) is 0 Å². The van der Waals surface area contributed by atoms with E-state index in [1.54, 1.807) is 0 Å². The first-order chi connectivity index (χ1) is 6.83. The average Bonchev–Trinajstić information content (AvgIpc) is 2.20. The van der Waals surface area contributed by atoms with Crippen molar-refractivity contribution in [3.05, 3.63) is 0 Å². The number of rotatable bonds is 5. The van der Waals surface area contributed by atoms with E-state index in [0.29, 0.717) is 18.9 Å². The predicted molar refractivity (Wildman–Crippen MR) is 64.7 cm³/mol. The van der Waals surface area contributed by atoms with Crippen LogP contribution in [0.4, 0.5) is 0 Å². The molecule has 1 rings (SSSR count). The summed E-state index contributed by atoms with van der Waals surface area (Å²) in [6.07, 6.45) is 3.81. The number of hydrogen-bond acceptors (Lipinski definition) is 3. The van der Waals surface area contributed by atoms with Crippen LogP contribution >= 0.6 is 22.6 Å². The third kappa shape index (κ3) is 5.14. The first kappa shape index (κ1) is 12.2. The Morgan fingerprint density at radius 2 is 2.14 bits per heavy atom. The molecule has 4 heteroatoms. The van der Waals surface area contributed by atoms with Crippen LogP contribution in [0, 0.1) is 5.92 Å². The van der Waals surface area contributed by atoms with Crippen molar-refractivity contribution in [2.24, 2.45) is 5.92 Å². The minimum Gasteiger partial charge on any atom is -0.466 e. The highest BCUT2D eigenvalue weighted by atomic mass is 127. The van der Waals surface area contributed by atoms with E-state index in [0.717, 1.165) is 36.8 Å². The smallest absolute Gasteiger partial charge is 0.306 e. The van der Waals surface area contributed by atoms with Gasteiger partial charge >= 0.3 is 5.97 Å². The fourth-order valence-electron chi connectivity index (χ4n) is 1.62. The number of carbonyl (C=O) groups is 1. The van der Waals surface area contributed by atoms with Gasteiger partial charge in [-0.05, 0) is 38.3 Å². The zero-order chi connectivity index (χ0) is 10.2. The molecular weight excluding hydrogens is 293 g/mol. The molecule has 1 N–H and O–H groups in total. The van der Waals surface area contributed by atoms with E-state index >= 15 is 0 Å². The minimum atomic E-state index is -0.0123. The molecule has 0 aromatic carbocycles. The fraction of sp³-hybridized carbons (Fsp3) is 0.900. The summed E-state index contributed by atoms with van der Waals surface area (Å²) in [6, 6.07) is 0. The molecule has 1 saturated heterocycles. The van der Waals surface area contributed by atoms with Gasteiger partial charge in [0.05, 0.1) is 6.61 Å². The summed E-state index contributed by atoms with van der Waals surface area (Å²) < 4.78 is 6.17. The third-order valence-corrected chi connectivity index (χ3v) is 3.22. The van der Waals surface area contributed by atoms with Gasteiger partial charge in [0.2, 0.25) is 0 Å². The van der Waals surface area contributed by atoms with E-state index in [4.69, 9.17) is 4.74 Å². The van der Waals surface area contributed by atoms with Crippen LogP contribution in [0.5, 0.6) is 0 Å². The summed E-state index contributed by atoms with van der Waals surface area (Å²) in [7, 11) is 0. The molecule has 1 heterocycles. The predicted octanol–water partition coefficient (Wildman–Crippen LogP) is 1.74. The lowest BCUT2D eigenvalue weighted by atomic mass is 9.95. The Balaban J connectivity index is 2.06. The van der Waals surface area contributed by atoms with Crippen LogP contribution in [0.2, 0.25) is 0 Å². The zero-order valence-corrected chi connectivity index (χ0v) is 10.6. The monoisotopic (exact) mass is 311 g/mol. The number of halogens is 1. The van der Waals surface area contributed by atoms with Crippen LogP contribution in [-0.2, 0) is 9.53 Å². The van der Waals surface area contributed by atoms with Crippen molar-refractivity contribution in [1.82, 2.24) is 5.32 Å².